The van der Waals surface area contributed by atoms with Crippen LogP contribution < -0.4 is 0 Å². The lowest BCUT2D eigenvalue weighted by Crippen LogP contribution is -2.10. The molecule has 0 aliphatic rings. The van der Waals surface area contributed by atoms with E-state index >= 15 is 0 Å². The van der Waals surface area contributed by atoms with Gasteiger partial charge in [0, 0.05) is 11.3 Å². The summed E-state index contributed by atoms with van der Waals surface area (Å²) in [6, 6.07) is 0.285. The molecule has 0 spiro atoms. The summed E-state index contributed by atoms with van der Waals surface area (Å²) >= 11 is 1.59. The minimum atomic E-state index is -0.759. The maximum Gasteiger partial charge on any atom is 0.304 e. The van der Waals surface area contributed by atoms with Crippen molar-refractivity contribution in [3.63, 3.8) is 0 Å². The third-order valence-electron chi connectivity index (χ3n) is 2.10. The number of hydrogen-bond acceptors (Lipinski definition) is 4. The first-order valence-electron chi connectivity index (χ1n) is 5.22. The average molecular weight is 243 g/mol. The molecule has 16 heavy (non-hydrogen) atoms. The monoisotopic (exact) mass is 243 g/mol. The molecule has 0 fully saturated rings. The summed E-state index contributed by atoms with van der Waals surface area (Å²) in [7, 11) is 0. The quantitative estimate of drug-likeness (QED) is 0.827. The lowest BCUT2D eigenvalue weighted by Gasteiger charge is -2.11. The van der Waals surface area contributed by atoms with E-state index in [9.17, 15) is 4.79 Å². The summed E-state index contributed by atoms with van der Waals surface area (Å²) in [6.07, 6.45) is 1.72. The van der Waals surface area contributed by atoms with Gasteiger partial charge in [0.2, 0.25) is 0 Å². The van der Waals surface area contributed by atoms with Gasteiger partial charge < -0.3 is 5.11 Å². The molecule has 1 aromatic heterocycles. The third-order valence-corrected chi connectivity index (χ3v) is 3.26. The van der Waals surface area contributed by atoms with Crippen molar-refractivity contribution in [3.8, 4) is 0 Å². The maximum absolute atomic E-state index is 10.5. The summed E-state index contributed by atoms with van der Waals surface area (Å²) in [5.74, 6) is 0.842. The molecule has 6 heteroatoms. The number of aliphatic carboxylic acids is 1. The lowest BCUT2D eigenvalue weighted by atomic mass is 10.3. The van der Waals surface area contributed by atoms with E-state index in [-0.39, 0.29) is 17.7 Å². The van der Waals surface area contributed by atoms with Gasteiger partial charge in [-0.25, -0.2) is 9.67 Å². The first-order chi connectivity index (χ1) is 7.50. The van der Waals surface area contributed by atoms with Crippen LogP contribution in [0.4, 0.5) is 0 Å². The number of hydrogen-bond donors (Lipinski definition) is 1. The predicted octanol–water partition coefficient (Wildman–Crippen LogP) is 1.96. The molecule has 5 nitrogen and oxygen atoms in total. The van der Waals surface area contributed by atoms with Crippen molar-refractivity contribution in [1.82, 2.24) is 14.8 Å². The van der Waals surface area contributed by atoms with Gasteiger partial charge in [-0.3, -0.25) is 4.79 Å². The van der Waals surface area contributed by atoms with Gasteiger partial charge in [0.05, 0.1) is 12.2 Å². The molecule has 1 rings (SSSR count). The Kier molecular flexibility index (Phi) is 4.79. The van der Waals surface area contributed by atoms with Crippen molar-refractivity contribution in [2.75, 3.05) is 0 Å². The van der Waals surface area contributed by atoms with Crippen molar-refractivity contribution in [2.24, 2.45) is 0 Å². The SMILES string of the molecule is CC(CC(=O)O)SCc1ncnn1C(C)C. The Bertz CT molecular complexity index is 352. The zero-order valence-corrected chi connectivity index (χ0v) is 10.6. The Morgan fingerprint density at radius 2 is 2.25 bits per heavy atom. The Balaban J connectivity index is 2.48. The summed E-state index contributed by atoms with van der Waals surface area (Å²) in [5, 5.41) is 12.9. The molecule has 0 aliphatic heterocycles. The van der Waals surface area contributed by atoms with E-state index in [1.165, 1.54) is 6.33 Å². The molecular formula is C10H17N3O2S. The second-order valence-electron chi connectivity index (χ2n) is 3.93. The van der Waals surface area contributed by atoms with Crippen molar-refractivity contribution in [3.05, 3.63) is 12.2 Å². The molecule has 1 atom stereocenters. The highest BCUT2D eigenvalue weighted by Crippen LogP contribution is 2.19. The minimum absolute atomic E-state index is 0.0924. The van der Waals surface area contributed by atoms with Gasteiger partial charge in [-0.05, 0) is 13.8 Å². The van der Waals surface area contributed by atoms with Crippen LogP contribution in [-0.4, -0.2) is 31.1 Å². The van der Waals surface area contributed by atoms with Gasteiger partial charge in [0.25, 0.3) is 0 Å². The molecule has 1 heterocycles. The van der Waals surface area contributed by atoms with Crippen LogP contribution in [-0.2, 0) is 10.5 Å². The molecular weight excluding hydrogens is 226 g/mol. The normalized spacial score (nSPS) is 13.0. The Morgan fingerprint density at radius 3 is 2.81 bits per heavy atom. The first-order valence-corrected chi connectivity index (χ1v) is 6.27. The van der Waals surface area contributed by atoms with Crippen molar-refractivity contribution < 1.29 is 9.90 Å². The fourth-order valence-electron chi connectivity index (χ4n) is 1.33. The number of rotatable bonds is 6. The van der Waals surface area contributed by atoms with Gasteiger partial charge >= 0.3 is 5.97 Å². The van der Waals surface area contributed by atoms with Crippen LogP contribution in [0.1, 0.15) is 39.1 Å². The van der Waals surface area contributed by atoms with E-state index in [2.05, 4.69) is 10.1 Å². The number of nitrogens with zero attached hydrogens (tertiary/aromatic N) is 3. The van der Waals surface area contributed by atoms with Crippen molar-refractivity contribution in [1.29, 1.82) is 0 Å². The minimum Gasteiger partial charge on any atom is -0.481 e. The van der Waals surface area contributed by atoms with E-state index in [4.69, 9.17) is 5.11 Å². The molecule has 0 aliphatic carbocycles. The Morgan fingerprint density at radius 1 is 1.56 bits per heavy atom. The van der Waals surface area contributed by atoms with Crippen LogP contribution >= 0.6 is 11.8 Å². The Hall–Kier alpha value is -1.04. The molecule has 0 saturated heterocycles. The van der Waals surface area contributed by atoms with Gasteiger partial charge in [0.1, 0.15) is 12.2 Å². The average Bonchev–Trinajstić information content (AvgIpc) is 2.61. The molecule has 1 unspecified atom stereocenters. The van der Waals surface area contributed by atoms with Gasteiger partial charge in [-0.2, -0.15) is 16.9 Å². The zero-order valence-electron chi connectivity index (χ0n) is 9.75. The van der Waals surface area contributed by atoms with Crippen LogP contribution in [0, 0.1) is 0 Å². The summed E-state index contributed by atoms with van der Waals surface area (Å²) < 4.78 is 1.86. The van der Waals surface area contributed by atoms with E-state index in [0.29, 0.717) is 5.75 Å². The van der Waals surface area contributed by atoms with Gasteiger partial charge in [-0.15, -0.1) is 0 Å². The molecule has 0 radical (unpaired) electrons. The van der Waals surface area contributed by atoms with Crippen molar-refractivity contribution >= 4 is 17.7 Å². The highest BCUT2D eigenvalue weighted by atomic mass is 32.2. The fraction of sp³-hybridized carbons (Fsp3) is 0.700. The summed E-state index contributed by atoms with van der Waals surface area (Å²) in [5.41, 5.74) is 0. The molecule has 0 bridgehead atoms. The molecule has 0 saturated carbocycles. The lowest BCUT2D eigenvalue weighted by molar-refractivity contribution is -0.136. The second-order valence-corrected chi connectivity index (χ2v) is 5.36. The van der Waals surface area contributed by atoms with Gasteiger partial charge in [-0.1, -0.05) is 6.92 Å². The van der Waals surface area contributed by atoms with E-state index in [1.54, 1.807) is 11.8 Å². The van der Waals surface area contributed by atoms with E-state index in [1.807, 2.05) is 25.5 Å². The van der Waals surface area contributed by atoms with Crippen LogP contribution in [0.15, 0.2) is 6.33 Å². The third kappa shape index (κ3) is 3.84. The fourth-order valence-corrected chi connectivity index (χ4v) is 2.23. The van der Waals surface area contributed by atoms with E-state index in [0.717, 1.165) is 5.82 Å². The van der Waals surface area contributed by atoms with E-state index < -0.39 is 5.97 Å². The summed E-state index contributed by atoms with van der Waals surface area (Å²) in [4.78, 5) is 14.7. The first kappa shape index (κ1) is 13.0. The van der Waals surface area contributed by atoms with Crippen LogP contribution in [0.3, 0.4) is 0 Å². The molecule has 0 aromatic carbocycles. The maximum atomic E-state index is 10.5. The number of carboxylic acids is 1. The topological polar surface area (TPSA) is 68.0 Å². The number of aromatic nitrogens is 3. The smallest absolute Gasteiger partial charge is 0.304 e. The number of carboxylic acid groups (broad SMARTS) is 1. The number of carbonyl (C=O) groups is 1. The highest BCUT2D eigenvalue weighted by molar-refractivity contribution is 7.99. The molecule has 1 N–H and O–H groups in total. The van der Waals surface area contributed by atoms with Crippen LogP contribution in [0.25, 0.3) is 0 Å². The standard InChI is InChI=1S/C10H17N3O2S/c1-7(2)13-9(11-6-12-13)5-16-8(3)4-10(14)15/h6-8H,4-5H2,1-3H3,(H,14,15). The molecule has 1 aromatic rings. The van der Waals surface area contributed by atoms with Crippen LogP contribution in [0.2, 0.25) is 0 Å². The zero-order chi connectivity index (χ0) is 12.1. The molecule has 0 amide bonds. The number of thioether (sulfide) groups is 1. The van der Waals surface area contributed by atoms with Gasteiger partial charge in [0.15, 0.2) is 0 Å². The second kappa shape index (κ2) is 5.89. The molecule has 90 valence electrons. The Labute approximate surface area is 99.3 Å². The predicted molar refractivity (Wildman–Crippen MR) is 63.4 cm³/mol. The van der Waals surface area contributed by atoms with Crippen LogP contribution in [0.5, 0.6) is 0 Å². The summed E-state index contributed by atoms with van der Waals surface area (Å²) in [6.45, 7) is 6.00. The van der Waals surface area contributed by atoms with Crippen molar-refractivity contribution in [2.45, 2.75) is 44.2 Å². The largest absolute Gasteiger partial charge is 0.481 e. The highest BCUT2D eigenvalue weighted by Gasteiger charge is 2.12.